The van der Waals surface area contributed by atoms with E-state index >= 15 is 0 Å². The molecule has 0 amide bonds. The Bertz CT molecular complexity index is 506. The molecule has 4 N–H and O–H groups in total. The summed E-state index contributed by atoms with van der Waals surface area (Å²) in [5.41, 5.74) is 0.299. The van der Waals surface area contributed by atoms with E-state index in [4.69, 9.17) is 28.8 Å². The Labute approximate surface area is 169 Å². The third-order valence-electron chi connectivity index (χ3n) is 3.03. The highest BCUT2D eigenvalue weighted by Crippen LogP contribution is 2.12. The monoisotopic (exact) mass is 422 g/mol. The number of carbonyl (C=O) groups is 2. The van der Waals surface area contributed by atoms with Crippen LogP contribution in [0.1, 0.15) is 13.8 Å². The molecule has 0 aliphatic rings. The summed E-state index contributed by atoms with van der Waals surface area (Å²) in [6.45, 7) is 6.78. The summed E-state index contributed by atoms with van der Waals surface area (Å²) in [6.07, 6.45) is -2.60. The Morgan fingerprint density at radius 1 is 0.897 bits per heavy atom. The molecule has 0 saturated carbocycles. The molecule has 0 rings (SSSR count). The Kier molecular flexibility index (Phi) is 13.3. The highest BCUT2D eigenvalue weighted by Gasteiger charge is 2.32. The van der Waals surface area contributed by atoms with Crippen LogP contribution in [-0.2, 0) is 33.3 Å². The van der Waals surface area contributed by atoms with Crippen LogP contribution in [0, 0.1) is 0 Å². The van der Waals surface area contributed by atoms with Gasteiger partial charge in [-0.05, 0) is 13.8 Å². The highest BCUT2D eigenvalue weighted by atomic mass is 16.8. The molecule has 0 aliphatic heterocycles. The molecule has 11 nitrogen and oxygen atoms in total. The summed E-state index contributed by atoms with van der Waals surface area (Å²) < 4.78 is 24.6. The van der Waals surface area contributed by atoms with Gasteiger partial charge in [0.2, 0.25) is 0 Å². The van der Waals surface area contributed by atoms with Crippen LogP contribution in [0.4, 0.5) is 0 Å². The molecule has 0 radical (unpaired) electrons. The molecule has 2 unspecified atom stereocenters. The molecule has 11 heteroatoms. The lowest BCUT2D eigenvalue weighted by molar-refractivity contribution is -0.384. The summed E-state index contributed by atoms with van der Waals surface area (Å²) in [4.78, 5) is 22.6. The average Bonchev–Trinajstić information content (AvgIpc) is 2.67. The largest absolute Gasteiger partial charge is 0.460 e. The molecular formula is C18H30O11. The second-order valence-electron chi connectivity index (χ2n) is 6.18. The zero-order valence-corrected chi connectivity index (χ0v) is 16.7. The van der Waals surface area contributed by atoms with E-state index in [0.717, 1.165) is 0 Å². The van der Waals surface area contributed by atoms with Crippen LogP contribution < -0.4 is 0 Å². The van der Waals surface area contributed by atoms with Crippen molar-refractivity contribution in [1.29, 1.82) is 0 Å². The van der Waals surface area contributed by atoms with Crippen molar-refractivity contribution in [3.8, 4) is 0 Å². The lowest BCUT2D eigenvalue weighted by Crippen LogP contribution is -2.45. The van der Waals surface area contributed by atoms with Crippen molar-refractivity contribution in [2.45, 2.75) is 32.0 Å². The van der Waals surface area contributed by atoms with E-state index in [1.165, 1.54) is 13.8 Å². The van der Waals surface area contributed by atoms with Crippen LogP contribution in [0.2, 0.25) is 0 Å². The lowest BCUT2D eigenvalue weighted by atomic mass is 10.3. The van der Waals surface area contributed by atoms with Gasteiger partial charge in [-0.15, -0.1) is 0 Å². The summed E-state index contributed by atoms with van der Waals surface area (Å²) in [6, 6.07) is 0. The molecule has 0 aromatic rings. The molecule has 0 aliphatic carbocycles. The third-order valence-corrected chi connectivity index (χ3v) is 3.03. The van der Waals surface area contributed by atoms with E-state index < -0.39 is 63.2 Å². The van der Waals surface area contributed by atoms with Gasteiger partial charge >= 0.3 is 17.9 Å². The lowest BCUT2D eigenvalue weighted by Gasteiger charge is -2.29. The van der Waals surface area contributed by atoms with Crippen LogP contribution in [-0.4, -0.2) is 96.8 Å². The van der Waals surface area contributed by atoms with Crippen LogP contribution in [0.15, 0.2) is 24.3 Å². The third kappa shape index (κ3) is 13.1. The van der Waals surface area contributed by atoms with Gasteiger partial charge in [-0.25, -0.2) is 9.59 Å². The highest BCUT2D eigenvalue weighted by molar-refractivity contribution is 5.87. The minimum absolute atomic E-state index is 0.132. The maximum Gasteiger partial charge on any atom is 0.333 e. The van der Waals surface area contributed by atoms with Crippen molar-refractivity contribution in [3.05, 3.63) is 24.3 Å². The van der Waals surface area contributed by atoms with E-state index in [2.05, 4.69) is 13.2 Å². The van der Waals surface area contributed by atoms with Gasteiger partial charge in [0.25, 0.3) is 0 Å². The zero-order valence-electron chi connectivity index (χ0n) is 16.7. The molecule has 0 saturated heterocycles. The van der Waals surface area contributed by atoms with E-state index in [0.29, 0.717) is 0 Å². The van der Waals surface area contributed by atoms with Crippen molar-refractivity contribution in [1.82, 2.24) is 0 Å². The second-order valence-corrected chi connectivity index (χ2v) is 6.18. The molecule has 0 aromatic carbocycles. The van der Waals surface area contributed by atoms with Gasteiger partial charge < -0.3 is 44.1 Å². The predicted molar refractivity (Wildman–Crippen MR) is 98.3 cm³/mol. The molecule has 0 heterocycles. The molecule has 168 valence electrons. The van der Waals surface area contributed by atoms with Crippen molar-refractivity contribution in [3.63, 3.8) is 0 Å². The van der Waals surface area contributed by atoms with Gasteiger partial charge in [-0.3, -0.25) is 0 Å². The van der Waals surface area contributed by atoms with Crippen LogP contribution in [0.3, 0.4) is 0 Å². The summed E-state index contributed by atoms with van der Waals surface area (Å²) in [5, 5.41) is 38.7. The van der Waals surface area contributed by atoms with E-state index in [1.807, 2.05) is 0 Å². The average molecular weight is 422 g/mol. The molecule has 29 heavy (non-hydrogen) atoms. The van der Waals surface area contributed by atoms with Gasteiger partial charge in [-0.1, -0.05) is 13.2 Å². The van der Waals surface area contributed by atoms with Crippen molar-refractivity contribution in [2.75, 3.05) is 46.2 Å². The van der Waals surface area contributed by atoms with Crippen molar-refractivity contribution >= 4 is 11.9 Å². The van der Waals surface area contributed by atoms with E-state index in [1.54, 1.807) is 0 Å². The van der Waals surface area contributed by atoms with Crippen LogP contribution in [0.5, 0.6) is 0 Å². The Morgan fingerprint density at radius 3 is 1.66 bits per heavy atom. The number of hydrogen-bond acceptors (Lipinski definition) is 11. The Balaban J connectivity index is 4.58. The normalized spacial score (nSPS) is 15.1. The molecule has 0 bridgehead atoms. The van der Waals surface area contributed by atoms with E-state index in [-0.39, 0.29) is 24.4 Å². The summed E-state index contributed by atoms with van der Waals surface area (Å²) >= 11 is 0. The Morgan fingerprint density at radius 2 is 1.31 bits per heavy atom. The van der Waals surface area contributed by atoms with Gasteiger partial charge in [0.05, 0.1) is 26.4 Å². The minimum atomic E-state index is -2.39. The smallest absolute Gasteiger partial charge is 0.333 e. The minimum Gasteiger partial charge on any atom is -0.460 e. The fourth-order valence-corrected chi connectivity index (χ4v) is 1.53. The second kappa shape index (κ2) is 14.2. The number of aliphatic hydroxyl groups excluding tert-OH is 3. The van der Waals surface area contributed by atoms with Gasteiger partial charge in [0, 0.05) is 11.1 Å². The fraction of sp³-hybridized carbons (Fsp3) is 0.667. The zero-order chi connectivity index (χ0) is 22.4. The summed E-state index contributed by atoms with van der Waals surface area (Å²) in [7, 11) is 0. The SMILES string of the molecule is C=C(C)C(=O)OCC(O)COC(O)(COCCO)OCC(O)COC(=O)C(=C)C. The first-order chi connectivity index (χ1) is 13.5. The Hall–Kier alpha value is -1.86. The maximum absolute atomic E-state index is 11.3. The molecule has 0 fully saturated rings. The van der Waals surface area contributed by atoms with E-state index in [9.17, 15) is 24.9 Å². The first kappa shape index (κ1) is 27.1. The van der Waals surface area contributed by atoms with Gasteiger partial charge in [0.1, 0.15) is 32.0 Å². The molecular weight excluding hydrogens is 392 g/mol. The molecule has 2 atom stereocenters. The van der Waals surface area contributed by atoms with Crippen molar-refractivity contribution < 1.29 is 53.7 Å². The number of ether oxygens (including phenoxy) is 5. The number of rotatable bonds is 16. The van der Waals surface area contributed by atoms with Crippen molar-refractivity contribution in [2.24, 2.45) is 0 Å². The quantitative estimate of drug-likeness (QED) is 0.101. The van der Waals surface area contributed by atoms with Crippen LogP contribution in [0.25, 0.3) is 0 Å². The first-order valence-corrected chi connectivity index (χ1v) is 8.71. The van der Waals surface area contributed by atoms with Gasteiger partial charge in [-0.2, -0.15) is 0 Å². The number of carbonyl (C=O) groups excluding carboxylic acids is 2. The fourth-order valence-electron chi connectivity index (χ4n) is 1.53. The molecule has 0 aromatic heterocycles. The van der Waals surface area contributed by atoms with Crippen LogP contribution >= 0.6 is 0 Å². The number of esters is 2. The number of aliphatic hydroxyl groups is 4. The molecule has 0 spiro atoms. The maximum atomic E-state index is 11.3. The topological polar surface area (TPSA) is 161 Å². The first-order valence-electron chi connectivity index (χ1n) is 8.71. The standard InChI is InChI=1S/C18H30O11/c1-12(2)16(22)26-7-14(20)9-28-18(24,11-25-6-5-19)29-10-15(21)8-27-17(23)13(3)4/h14-15,19-21,24H,1,3,5-11H2,2,4H3. The predicted octanol–water partition coefficient (Wildman–Crippen LogP) is -1.36. The van der Waals surface area contributed by atoms with Gasteiger partial charge in [0.15, 0.2) is 0 Å². The summed E-state index contributed by atoms with van der Waals surface area (Å²) in [5.74, 6) is -3.79. The number of hydrogen-bond donors (Lipinski definition) is 4.